The lowest BCUT2D eigenvalue weighted by molar-refractivity contribution is -0.120. The summed E-state index contributed by atoms with van der Waals surface area (Å²) in [5.74, 6) is 0.398. The predicted molar refractivity (Wildman–Crippen MR) is 40.9 cm³/mol. The number of nitrogens with one attached hydrogen (secondary N) is 1. The molecule has 0 radical (unpaired) electrons. The lowest BCUT2D eigenvalue weighted by Crippen LogP contribution is -2.27. The molecule has 1 rings (SSSR count). The molecule has 0 bridgehead atoms. The summed E-state index contributed by atoms with van der Waals surface area (Å²) in [6.45, 7) is 6.09. The van der Waals surface area contributed by atoms with Crippen molar-refractivity contribution >= 4 is 5.78 Å². The molecule has 0 aromatic heterocycles. The summed E-state index contributed by atoms with van der Waals surface area (Å²) < 4.78 is 0. The third kappa shape index (κ3) is 2.10. The van der Waals surface area contributed by atoms with Crippen LogP contribution in [0.2, 0.25) is 0 Å². The first-order valence-corrected chi connectivity index (χ1v) is 3.83. The van der Waals surface area contributed by atoms with Crippen molar-refractivity contribution in [2.24, 2.45) is 5.41 Å². The van der Waals surface area contributed by atoms with E-state index in [1.165, 1.54) is 0 Å². The van der Waals surface area contributed by atoms with E-state index in [-0.39, 0.29) is 5.41 Å². The first-order valence-electron chi connectivity index (χ1n) is 3.83. The van der Waals surface area contributed by atoms with Gasteiger partial charge in [-0.25, -0.2) is 0 Å². The second kappa shape index (κ2) is 2.70. The molecule has 1 fully saturated rings. The number of hydrogen-bond donors (Lipinski definition) is 1. The van der Waals surface area contributed by atoms with Crippen molar-refractivity contribution in [2.45, 2.75) is 26.7 Å². The average molecular weight is 141 g/mol. The predicted octanol–water partition coefficient (Wildman–Crippen LogP) is 0.965. The minimum atomic E-state index is 0.174. The molecular weight excluding hydrogens is 126 g/mol. The molecule has 0 amide bonds. The van der Waals surface area contributed by atoms with Gasteiger partial charge in [0, 0.05) is 25.9 Å². The Bertz CT molecular complexity index is 140. The average Bonchev–Trinajstić information content (AvgIpc) is 1.90. The number of Topliss-reactive ketones (excluding diaryl/α,β-unsaturated/α-hetero) is 1. The standard InChI is InChI=1S/C8H15NO/c1-8(2)5-7(10)3-4-9-6-8/h9H,3-6H2,1-2H3. The van der Waals surface area contributed by atoms with Crippen LogP contribution >= 0.6 is 0 Å². The molecule has 1 heterocycles. The van der Waals surface area contributed by atoms with Crippen LogP contribution in [0.4, 0.5) is 0 Å². The third-order valence-corrected chi connectivity index (χ3v) is 1.86. The molecule has 0 atom stereocenters. The van der Waals surface area contributed by atoms with Gasteiger partial charge in [-0.3, -0.25) is 4.79 Å². The number of carbonyl (C=O) groups is 1. The maximum Gasteiger partial charge on any atom is 0.134 e. The number of carbonyl (C=O) groups excluding carboxylic acids is 1. The van der Waals surface area contributed by atoms with Crippen LogP contribution < -0.4 is 5.32 Å². The Hall–Kier alpha value is -0.370. The normalized spacial score (nSPS) is 26.0. The summed E-state index contributed by atoms with van der Waals surface area (Å²) in [4.78, 5) is 11.1. The van der Waals surface area contributed by atoms with E-state index in [2.05, 4.69) is 19.2 Å². The fourth-order valence-electron chi connectivity index (χ4n) is 1.34. The van der Waals surface area contributed by atoms with E-state index in [1.807, 2.05) is 0 Å². The van der Waals surface area contributed by atoms with Crippen molar-refractivity contribution in [3.63, 3.8) is 0 Å². The molecule has 1 aliphatic heterocycles. The number of rotatable bonds is 0. The highest BCUT2D eigenvalue weighted by Gasteiger charge is 2.23. The van der Waals surface area contributed by atoms with Gasteiger partial charge in [0.2, 0.25) is 0 Å². The quantitative estimate of drug-likeness (QED) is 0.544. The minimum Gasteiger partial charge on any atom is -0.316 e. The van der Waals surface area contributed by atoms with Crippen molar-refractivity contribution in [3.05, 3.63) is 0 Å². The molecule has 0 aliphatic carbocycles. The van der Waals surface area contributed by atoms with Gasteiger partial charge in [-0.1, -0.05) is 13.8 Å². The van der Waals surface area contributed by atoms with Crippen molar-refractivity contribution < 1.29 is 4.79 Å². The van der Waals surface area contributed by atoms with Gasteiger partial charge >= 0.3 is 0 Å². The molecule has 0 saturated carbocycles. The Morgan fingerprint density at radius 2 is 2.20 bits per heavy atom. The van der Waals surface area contributed by atoms with Crippen LogP contribution in [0.15, 0.2) is 0 Å². The van der Waals surface area contributed by atoms with E-state index in [4.69, 9.17) is 0 Å². The van der Waals surface area contributed by atoms with Gasteiger partial charge in [-0.15, -0.1) is 0 Å². The summed E-state index contributed by atoms with van der Waals surface area (Å²) in [5, 5.41) is 3.25. The van der Waals surface area contributed by atoms with E-state index < -0.39 is 0 Å². The van der Waals surface area contributed by atoms with Crippen LogP contribution in [0, 0.1) is 5.41 Å². The molecule has 1 saturated heterocycles. The molecule has 0 unspecified atom stereocenters. The molecule has 0 aromatic rings. The van der Waals surface area contributed by atoms with Crippen LogP contribution in [0.5, 0.6) is 0 Å². The number of hydrogen-bond acceptors (Lipinski definition) is 2. The lowest BCUT2D eigenvalue weighted by atomic mass is 9.88. The fourth-order valence-corrected chi connectivity index (χ4v) is 1.34. The van der Waals surface area contributed by atoms with Gasteiger partial charge in [0.15, 0.2) is 0 Å². The lowest BCUT2D eigenvalue weighted by Gasteiger charge is -2.20. The molecule has 58 valence electrons. The highest BCUT2D eigenvalue weighted by Crippen LogP contribution is 2.21. The summed E-state index contributed by atoms with van der Waals surface area (Å²) >= 11 is 0. The van der Waals surface area contributed by atoms with Crippen LogP contribution in [0.3, 0.4) is 0 Å². The van der Waals surface area contributed by atoms with Gasteiger partial charge in [0.25, 0.3) is 0 Å². The molecule has 2 nitrogen and oxygen atoms in total. The zero-order chi connectivity index (χ0) is 7.61. The topological polar surface area (TPSA) is 29.1 Å². The summed E-state index contributed by atoms with van der Waals surface area (Å²) in [5.41, 5.74) is 0.174. The Labute approximate surface area is 62.0 Å². The molecule has 0 aromatic carbocycles. The van der Waals surface area contributed by atoms with E-state index in [0.717, 1.165) is 19.5 Å². The van der Waals surface area contributed by atoms with Crippen molar-refractivity contribution in [1.82, 2.24) is 5.32 Å². The minimum absolute atomic E-state index is 0.174. The van der Waals surface area contributed by atoms with Crippen LogP contribution in [-0.4, -0.2) is 18.9 Å². The Morgan fingerprint density at radius 3 is 2.90 bits per heavy atom. The molecule has 0 spiro atoms. The molecule has 2 heteroatoms. The van der Waals surface area contributed by atoms with Gasteiger partial charge in [0.05, 0.1) is 0 Å². The first kappa shape index (κ1) is 7.73. The van der Waals surface area contributed by atoms with E-state index in [0.29, 0.717) is 12.2 Å². The maximum absolute atomic E-state index is 11.1. The van der Waals surface area contributed by atoms with Gasteiger partial charge < -0.3 is 5.32 Å². The fraction of sp³-hybridized carbons (Fsp3) is 0.875. The number of ketones is 1. The highest BCUT2D eigenvalue weighted by molar-refractivity contribution is 5.79. The van der Waals surface area contributed by atoms with E-state index in [1.54, 1.807) is 0 Å². The van der Waals surface area contributed by atoms with Gasteiger partial charge in [-0.2, -0.15) is 0 Å². The molecule has 1 aliphatic rings. The largest absolute Gasteiger partial charge is 0.316 e. The summed E-state index contributed by atoms with van der Waals surface area (Å²) in [6, 6.07) is 0. The second-order valence-electron chi connectivity index (χ2n) is 3.81. The Kier molecular flexibility index (Phi) is 2.09. The molecule has 10 heavy (non-hydrogen) atoms. The SMILES string of the molecule is CC1(C)CNCCC(=O)C1. The monoisotopic (exact) mass is 141 g/mol. The summed E-state index contributed by atoms with van der Waals surface area (Å²) in [7, 11) is 0. The highest BCUT2D eigenvalue weighted by atomic mass is 16.1. The summed E-state index contributed by atoms with van der Waals surface area (Å²) in [6.07, 6.45) is 1.45. The van der Waals surface area contributed by atoms with Crippen LogP contribution in [0.1, 0.15) is 26.7 Å². The second-order valence-corrected chi connectivity index (χ2v) is 3.81. The zero-order valence-electron chi connectivity index (χ0n) is 6.74. The van der Waals surface area contributed by atoms with Crippen molar-refractivity contribution in [2.75, 3.05) is 13.1 Å². The van der Waals surface area contributed by atoms with Crippen molar-refractivity contribution in [1.29, 1.82) is 0 Å². The molecule has 1 N–H and O–H groups in total. The van der Waals surface area contributed by atoms with Crippen molar-refractivity contribution in [3.8, 4) is 0 Å². The Balaban J connectivity index is 2.54. The van der Waals surface area contributed by atoms with Gasteiger partial charge in [-0.05, 0) is 5.41 Å². The zero-order valence-corrected chi connectivity index (χ0v) is 6.74. The maximum atomic E-state index is 11.1. The van der Waals surface area contributed by atoms with Crippen LogP contribution in [0.25, 0.3) is 0 Å². The molecular formula is C8H15NO. The smallest absolute Gasteiger partial charge is 0.134 e. The Morgan fingerprint density at radius 1 is 1.50 bits per heavy atom. The van der Waals surface area contributed by atoms with Crippen LogP contribution in [-0.2, 0) is 4.79 Å². The van der Waals surface area contributed by atoms with E-state index >= 15 is 0 Å². The third-order valence-electron chi connectivity index (χ3n) is 1.86. The van der Waals surface area contributed by atoms with Gasteiger partial charge in [0.1, 0.15) is 5.78 Å². The van der Waals surface area contributed by atoms with E-state index in [9.17, 15) is 4.79 Å². The first-order chi connectivity index (χ1) is 4.60.